The number of hydrogen-bond acceptors (Lipinski definition) is 4. The number of hydrazone groups is 1. The van der Waals surface area contributed by atoms with Gasteiger partial charge in [-0.25, -0.2) is 5.43 Å². The van der Waals surface area contributed by atoms with Gasteiger partial charge in [0.1, 0.15) is 0 Å². The Hall–Kier alpha value is -2.99. The lowest BCUT2D eigenvalue weighted by Gasteiger charge is -2.10. The lowest BCUT2D eigenvalue weighted by Crippen LogP contribution is -2.26. The average Bonchev–Trinajstić information content (AvgIpc) is 3.51. The summed E-state index contributed by atoms with van der Waals surface area (Å²) in [6, 6.07) is 15.9. The van der Waals surface area contributed by atoms with E-state index in [0.29, 0.717) is 17.0 Å². The number of aliphatic hydroxyl groups is 1. The second kappa shape index (κ2) is 7.93. The molecule has 6 nitrogen and oxygen atoms in total. The maximum Gasteiger partial charge on any atom is 0.273 e. The Morgan fingerprint density at radius 1 is 1.12 bits per heavy atom. The highest BCUT2D eigenvalue weighted by Crippen LogP contribution is 2.30. The number of carbonyl (C=O) groups is 2. The molecule has 0 heterocycles. The minimum Gasteiger partial charge on any atom is -0.378 e. The van der Waals surface area contributed by atoms with Gasteiger partial charge < -0.3 is 10.4 Å². The van der Waals surface area contributed by atoms with Crippen LogP contribution in [0, 0.1) is 5.92 Å². The number of nitrogens with one attached hydrogen (secondary N) is 2. The van der Waals surface area contributed by atoms with Crippen LogP contribution in [0.5, 0.6) is 0 Å². The summed E-state index contributed by atoms with van der Waals surface area (Å²) in [6.45, 7) is 1.75. The van der Waals surface area contributed by atoms with Gasteiger partial charge in [0, 0.05) is 11.6 Å². The summed E-state index contributed by atoms with van der Waals surface area (Å²) in [4.78, 5) is 23.9. The molecule has 26 heavy (non-hydrogen) atoms. The molecule has 0 aromatic heterocycles. The Labute approximate surface area is 151 Å². The van der Waals surface area contributed by atoms with Crippen molar-refractivity contribution in [2.75, 3.05) is 5.32 Å². The van der Waals surface area contributed by atoms with Gasteiger partial charge in [0.05, 0.1) is 5.71 Å². The van der Waals surface area contributed by atoms with Crippen LogP contribution in [0.1, 0.15) is 37.0 Å². The number of hydrogen-bond donors (Lipinski definition) is 3. The first-order valence-electron chi connectivity index (χ1n) is 8.53. The van der Waals surface area contributed by atoms with E-state index in [4.69, 9.17) is 0 Å². The smallest absolute Gasteiger partial charge is 0.273 e. The second-order valence-electron chi connectivity index (χ2n) is 6.33. The first kappa shape index (κ1) is 17.8. The van der Waals surface area contributed by atoms with Crippen LogP contribution in [0.3, 0.4) is 0 Å². The Balaban J connectivity index is 1.63. The number of anilines is 1. The fraction of sp³-hybridized carbons (Fsp3) is 0.250. The number of carbonyl (C=O) groups excluding carboxylic acids is 2. The summed E-state index contributed by atoms with van der Waals surface area (Å²) in [5, 5.41) is 17.0. The molecule has 3 rings (SSSR count). The van der Waals surface area contributed by atoms with Crippen LogP contribution in [0.2, 0.25) is 0 Å². The van der Waals surface area contributed by atoms with Crippen molar-refractivity contribution in [2.45, 2.75) is 25.9 Å². The highest BCUT2D eigenvalue weighted by Gasteiger charge is 2.29. The zero-order valence-electron chi connectivity index (χ0n) is 14.5. The van der Waals surface area contributed by atoms with Crippen molar-refractivity contribution < 1.29 is 14.7 Å². The molecule has 2 aromatic carbocycles. The lowest BCUT2D eigenvalue weighted by molar-refractivity contribution is -0.129. The Morgan fingerprint density at radius 2 is 1.85 bits per heavy atom. The van der Waals surface area contributed by atoms with Crippen molar-refractivity contribution in [1.29, 1.82) is 0 Å². The van der Waals surface area contributed by atoms with Gasteiger partial charge >= 0.3 is 0 Å². The number of rotatable bonds is 6. The summed E-state index contributed by atoms with van der Waals surface area (Å²) < 4.78 is 0. The van der Waals surface area contributed by atoms with Crippen LogP contribution in [0.25, 0.3) is 0 Å². The van der Waals surface area contributed by atoms with Gasteiger partial charge in [-0.2, -0.15) is 5.10 Å². The average molecular weight is 351 g/mol. The zero-order valence-corrected chi connectivity index (χ0v) is 14.5. The predicted octanol–water partition coefficient (Wildman–Crippen LogP) is 2.61. The molecule has 2 aromatic rings. The third-order valence-electron chi connectivity index (χ3n) is 4.19. The van der Waals surface area contributed by atoms with Crippen molar-refractivity contribution in [1.82, 2.24) is 5.43 Å². The van der Waals surface area contributed by atoms with E-state index in [-0.39, 0.29) is 11.8 Å². The Kier molecular flexibility index (Phi) is 5.43. The summed E-state index contributed by atoms with van der Waals surface area (Å²) in [5.41, 5.74) is 4.92. The topological polar surface area (TPSA) is 90.8 Å². The standard InChI is InChI=1S/C20H21N3O3/c1-13(22-23-20(26)18(24)14-6-3-2-4-7-14)16-8-5-9-17(12-16)21-19(25)15-10-11-15/h2-9,12,15,18,24H,10-11H2,1H3,(H,21,25)(H,23,26)/b22-13-. The van der Waals surface area contributed by atoms with Crippen molar-refractivity contribution in [3.05, 3.63) is 65.7 Å². The molecule has 2 amide bonds. The molecule has 0 saturated heterocycles. The molecule has 0 radical (unpaired) electrons. The molecule has 0 bridgehead atoms. The van der Waals surface area contributed by atoms with Crippen LogP contribution in [-0.2, 0) is 9.59 Å². The number of benzene rings is 2. The van der Waals surface area contributed by atoms with Crippen molar-refractivity contribution in [3.63, 3.8) is 0 Å². The van der Waals surface area contributed by atoms with E-state index in [1.807, 2.05) is 24.3 Å². The highest BCUT2D eigenvalue weighted by atomic mass is 16.3. The predicted molar refractivity (Wildman–Crippen MR) is 99.6 cm³/mol. The van der Waals surface area contributed by atoms with Crippen molar-refractivity contribution in [3.8, 4) is 0 Å². The lowest BCUT2D eigenvalue weighted by atomic mass is 10.1. The van der Waals surface area contributed by atoms with E-state index in [2.05, 4.69) is 15.8 Å². The normalized spacial score (nSPS) is 15.2. The summed E-state index contributed by atoms with van der Waals surface area (Å²) in [7, 11) is 0. The van der Waals surface area contributed by atoms with Gasteiger partial charge in [0.25, 0.3) is 5.91 Å². The molecule has 134 valence electrons. The molecule has 1 fully saturated rings. The van der Waals surface area contributed by atoms with Gasteiger partial charge in [-0.1, -0.05) is 42.5 Å². The Morgan fingerprint density at radius 3 is 2.54 bits per heavy atom. The first-order valence-corrected chi connectivity index (χ1v) is 8.53. The summed E-state index contributed by atoms with van der Waals surface area (Å²) >= 11 is 0. The van der Waals surface area contributed by atoms with E-state index in [9.17, 15) is 14.7 Å². The molecule has 1 aliphatic rings. The maximum atomic E-state index is 12.0. The molecule has 3 N–H and O–H groups in total. The van der Waals surface area contributed by atoms with E-state index in [0.717, 1.165) is 18.4 Å². The fourth-order valence-electron chi connectivity index (χ4n) is 2.46. The summed E-state index contributed by atoms with van der Waals surface area (Å²) in [5.74, 6) is -0.433. The minimum atomic E-state index is -1.28. The molecule has 1 unspecified atom stereocenters. The van der Waals surface area contributed by atoms with E-state index >= 15 is 0 Å². The van der Waals surface area contributed by atoms with Gasteiger partial charge in [0.2, 0.25) is 5.91 Å². The van der Waals surface area contributed by atoms with Gasteiger partial charge in [-0.15, -0.1) is 0 Å². The first-order chi connectivity index (χ1) is 12.5. The number of aliphatic hydroxyl groups excluding tert-OH is 1. The largest absolute Gasteiger partial charge is 0.378 e. The molecule has 1 saturated carbocycles. The third kappa shape index (κ3) is 4.55. The molecule has 1 atom stereocenters. The fourth-order valence-corrected chi connectivity index (χ4v) is 2.46. The van der Waals surface area contributed by atoms with E-state index in [1.165, 1.54) is 0 Å². The number of nitrogens with zero attached hydrogens (tertiary/aromatic N) is 1. The van der Waals surface area contributed by atoms with E-state index in [1.54, 1.807) is 37.3 Å². The quantitative estimate of drug-likeness (QED) is 0.552. The van der Waals surface area contributed by atoms with Crippen LogP contribution < -0.4 is 10.7 Å². The highest BCUT2D eigenvalue weighted by molar-refractivity contribution is 6.01. The molecule has 0 aliphatic heterocycles. The molecular formula is C20H21N3O3. The van der Waals surface area contributed by atoms with Crippen molar-refractivity contribution >= 4 is 23.2 Å². The van der Waals surface area contributed by atoms with Crippen LogP contribution in [0.15, 0.2) is 59.7 Å². The molecule has 6 heteroatoms. The van der Waals surface area contributed by atoms with Gasteiger partial charge in [-0.05, 0) is 43.0 Å². The Bertz CT molecular complexity index is 829. The second-order valence-corrected chi connectivity index (χ2v) is 6.33. The zero-order chi connectivity index (χ0) is 18.5. The number of amides is 2. The SMILES string of the molecule is C/C(=N/NC(=O)C(O)c1ccccc1)c1cccc(NC(=O)C2CC2)c1. The monoisotopic (exact) mass is 351 g/mol. The van der Waals surface area contributed by atoms with Gasteiger partial charge in [-0.3, -0.25) is 9.59 Å². The van der Waals surface area contributed by atoms with Gasteiger partial charge in [0.15, 0.2) is 6.10 Å². The van der Waals surface area contributed by atoms with Crippen molar-refractivity contribution in [2.24, 2.45) is 11.0 Å². The summed E-state index contributed by atoms with van der Waals surface area (Å²) in [6.07, 6.45) is 0.612. The maximum absolute atomic E-state index is 12.0. The molecular weight excluding hydrogens is 330 g/mol. The van der Waals surface area contributed by atoms with Crippen LogP contribution in [0.4, 0.5) is 5.69 Å². The third-order valence-corrected chi connectivity index (χ3v) is 4.19. The van der Waals surface area contributed by atoms with E-state index < -0.39 is 12.0 Å². The van der Waals surface area contributed by atoms with Crippen LogP contribution in [-0.4, -0.2) is 22.6 Å². The molecule has 0 spiro atoms. The molecule has 1 aliphatic carbocycles. The minimum absolute atomic E-state index is 0.0380. The van der Waals surface area contributed by atoms with Crippen LogP contribution >= 0.6 is 0 Å².